The third-order valence-electron chi connectivity index (χ3n) is 6.16. The van der Waals surface area contributed by atoms with Crippen LogP contribution in [0.25, 0.3) is 11.3 Å². The first kappa shape index (κ1) is 17.6. The lowest BCUT2D eigenvalue weighted by atomic mass is 9.48. The molecule has 1 saturated heterocycles. The van der Waals surface area contributed by atoms with Crippen molar-refractivity contribution in [3.05, 3.63) is 41.0 Å². The number of halogens is 1. The zero-order chi connectivity index (χ0) is 18.5. The molecule has 0 amide bonds. The van der Waals surface area contributed by atoms with E-state index in [1.807, 2.05) is 30.5 Å². The zero-order valence-corrected chi connectivity index (χ0v) is 16.1. The van der Waals surface area contributed by atoms with Crippen LogP contribution in [-0.4, -0.2) is 41.3 Å². The molecule has 0 spiro atoms. The van der Waals surface area contributed by atoms with Gasteiger partial charge in [0, 0.05) is 30.2 Å². The molecule has 26 heavy (non-hydrogen) atoms. The number of carbonyl (C=O) groups excluding carboxylic acids is 1. The second-order valence-corrected chi connectivity index (χ2v) is 8.75. The van der Waals surface area contributed by atoms with Gasteiger partial charge in [-0.2, -0.15) is 5.10 Å². The number of aromatic nitrogens is 2. The fourth-order valence-corrected chi connectivity index (χ4v) is 5.25. The number of fused-ring (bicyclic) bond motifs is 1. The minimum absolute atomic E-state index is 0.0607. The Bertz CT molecular complexity index is 830. The lowest BCUT2D eigenvalue weighted by molar-refractivity contribution is -0.174. The molecule has 1 aromatic carbocycles. The lowest BCUT2D eigenvalue weighted by Gasteiger charge is -2.54. The van der Waals surface area contributed by atoms with E-state index in [2.05, 4.69) is 28.9 Å². The molecule has 1 saturated carbocycles. The van der Waals surface area contributed by atoms with Gasteiger partial charge in [0.25, 0.3) is 0 Å². The van der Waals surface area contributed by atoms with Crippen LogP contribution in [0.1, 0.15) is 25.8 Å². The largest absolute Gasteiger partial charge is 0.469 e. The Morgan fingerprint density at radius 1 is 1.38 bits per heavy atom. The average Bonchev–Trinajstić information content (AvgIpc) is 3.18. The number of methoxy groups -OCH3 is 1. The zero-order valence-electron chi connectivity index (χ0n) is 15.4. The minimum Gasteiger partial charge on any atom is -0.469 e. The molecule has 6 heteroatoms. The lowest BCUT2D eigenvalue weighted by Crippen LogP contribution is -2.57. The highest BCUT2D eigenvalue weighted by Crippen LogP contribution is 2.63. The van der Waals surface area contributed by atoms with E-state index < -0.39 is 0 Å². The van der Waals surface area contributed by atoms with Gasteiger partial charge in [0.15, 0.2) is 0 Å². The van der Waals surface area contributed by atoms with Crippen molar-refractivity contribution < 1.29 is 9.53 Å². The van der Waals surface area contributed by atoms with Crippen molar-refractivity contribution in [2.45, 2.75) is 26.8 Å². The number of benzene rings is 1. The highest BCUT2D eigenvalue weighted by Gasteiger charge is 2.67. The van der Waals surface area contributed by atoms with Gasteiger partial charge in [-0.25, -0.2) is 0 Å². The normalized spacial score (nSPS) is 27.0. The van der Waals surface area contributed by atoms with E-state index >= 15 is 0 Å². The van der Waals surface area contributed by atoms with Crippen LogP contribution in [0.4, 0.5) is 0 Å². The van der Waals surface area contributed by atoms with E-state index in [0.29, 0.717) is 10.9 Å². The van der Waals surface area contributed by atoms with Crippen LogP contribution in [0.5, 0.6) is 0 Å². The molecule has 1 N–H and O–H groups in total. The molecule has 0 unspecified atom stereocenters. The fraction of sp³-hybridized carbons (Fsp3) is 0.500. The number of nitrogens with zero attached hydrogens (tertiary/aromatic N) is 2. The van der Waals surface area contributed by atoms with Crippen molar-refractivity contribution >= 4 is 17.6 Å². The molecule has 2 aromatic rings. The summed E-state index contributed by atoms with van der Waals surface area (Å²) in [5.74, 6) is 0.280. The Balaban J connectivity index is 1.56. The van der Waals surface area contributed by atoms with Crippen LogP contribution in [0.2, 0.25) is 5.02 Å². The van der Waals surface area contributed by atoms with Crippen molar-refractivity contribution in [3.8, 4) is 11.3 Å². The van der Waals surface area contributed by atoms with E-state index in [9.17, 15) is 4.79 Å². The Labute approximate surface area is 158 Å². The summed E-state index contributed by atoms with van der Waals surface area (Å²) in [6, 6.07) is 7.75. The first-order chi connectivity index (χ1) is 12.4. The highest BCUT2D eigenvalue weighted by atomic mass is 35.5. The third kappa shape index (κ3) is 2.65. The molecular formula is C20H24ClN3O2. The maximum Gasteiger partial charge on any atom is 0.313 e. The van der Waals surface area contributed by atoms with Crippen LogP contribution in [0.15, 0.2) is 30.5 Å². The van der Waals surface area contributed by atoms with Gasteiger partial charge in [0.1, 0.15) is 0 Å². The van der Waals surface area contributed by atoms with E-state index in [4.69, 9.17) is 16.3 Å². The summed E-state index contributed by atoms with van der Waals surface area (Å²) in [6.45, 7) is 6.92. The van der Waals surface area contributed by atoms with Crippen molar-refractivity contribution in [1.82, 2.24) is 15.1 Å². The van der Waals surface area contributed by atoms with Gasteiger partial charge in [-0.15, -0.1) is 0 Å². The molecule has 2 aliphatic rings. The molecule has 138 valence electrons. The highest BCUT2D eigenvalue weighted by molar-refractivity contribution is 6.30. The molecule has 0 radical (unpaired) electrons. The first-order valence-corrected chi connectivity index (χ1v) is 9.32. The smallest absolute Gasteiger partial charge is 0.313 e. The number of rotatable bonds is 4. The second kappa shape index (κ2) is 6.10. The van der Waals surface area contributed by atoms with Gasteiger partial charge in [-0.05, 0) is 35.4 Å². The molecule has 0 bridgehead atoms. The number of carbonyl (C=O) groups is 1. The molecular weight excluding hydrogens is 350 g/mol. The number of ether oxygens (including phenoxy) is 1. The van der Waals surface area contributed by atoms with Gasteiger partial charge in [0.2, 0.25) is 0 Å². The molecule has 4 rings (SSSR count). The summed E-state index contributed by atoms with van der Waals surface area (Å²) in [5, 5.41) is 8.06. The van der Waals surface area contributed by atoms with Crippen LogP contribution < -0.4 is 0 Å². The number of hydrogen-bond donors (Lipinski definition) is 1. The van der Waals surface area contributed by atoms with Crippen molar-refractivity contribution in [2.24, 2.45) is 16.7 Å². The van der Waals surface area contributed by atoms with Crippen LogP contribution in [-0.2, 0) is 16.1 Å². The fourth-order valence-electron chi connectivity index (χ4n) is 5.13. The van der Waals surface area contributed by atoms with E-state index in [1.165, 1.54) is 7.11 Å². The summed E-state index contributed by atoms with van der Waals surface area (Å²) < 4.78 is 5.14. The van der Waals surface area contributed by atoms with Crippen LogP contribution >= 0.6 is 11.6 Å². The number of H-pyrrole nitrogens is 1. The third-order valence-corrected chi connectivity index (χ3v) is 6.42. The standard InChI is InChI=1S/C20H24ClN3O2/c1-19(2)11-20(18(25)26-3)12-24(10-16(19)20)9-14-8-22-23-17(14)13-4-6-15(21)7-5-13/h4-8,16H,9-12H2,1-3H3,(H,22,23)/t16-,20+/m1/s1. The van der Waals surface area contributed by atoms with Crippen molar-refractivity contribution in [1.29, 1.82) is 0 Å². The Morgan fingerprint density at radius 3 is 2.77 bits per heavy atom. The summed E-state index contributed by atoms with van der Waals surface area (Å²) in [7, 11) is 1.50. The van der Waals surface area contributed by atoms with E-state index in [0.717, 1.165) is 42.9 Å². The SMILES string of the molecule is COC(=O)[C@@]12CN(Cc3cn[nH]c3-c3ccc(Cl)cc3)C[C@@H]1C(C)(C)C2. The summed E-state index contributed by atoms with van der Waals surface area (Å²) >= 11 is 6.00. The Kier molecular flexibility index (Phi) is 4.12. The number of aromatic amines is 1. The molecule has 5 nitrogen and oxygen atoms in total. The van der Waals surface area contributed by atoms with Crippen LogP contribution in [0.3, 0.4) is 0 Å². The molecule has 2 fully saturated rings. The molecule has 2 atom stereocenters. The minimum atomic E-state index is -0.345. The first-order valence-electron chi connectivity index (χ1n) is 8.95. The predicted molar refractivity (Wildman–Crippen MR) is 101 cm³/mol. The molecule has 2 heterocycles. The average molecular weight is 374 g/mol. The number of likely N-dealkylation sites (tertiary alicyclic amines) is 1. The quantitative estimate of drug-likeness (QED) is 0.829. The topological polar surface area (TPSA) is 58.2 Å². The number of nitrogens with one attached hydrogen (secondary N) is 1. The summed E-state index contributed by atoms with van der Waals surface area (Å²) in [5.41, 5.74) is 3.03. The van der Waals surface area contributed by atoms with Crippen molar-refractivity contribution in [3.63, 3.8) is 0 Å². The maximum absolute atomic E-state index is 12.5. The summed E-state index contributed by atoms with van der Waals surface area (Å²) in [6.07, 6.45) is 2.77. The number of esters is 1. The maximum atomic E-state index is 12.5. The molecule has 1 aliphatic carbocycles. The predicted octanol–water partition coefficient (Wildman–Crippen LogP) is 3.75. The molecule has 1 aromatic heterocycles. The molecule has 1 aliphatic heterocycles. The Hall–Kier alpha value is -1.85. The van der Waals surface area contributed by atoms with Crippen molar-refractivity contribution in [2.75, 3.05) is 20.2 Å². The second-order valence-electron chi connectivity index (χ2n) is 8.31. The number of hydrogen-bond acceptors (Lipinski definition) is 4. The van der Waals surface area contributed by atoms with E-state index in [1.54, 1.807) is 0 Å². The van der Waals surface area contributed by atoms with Gasteiger partial charge in [-0.1, -0.05) is 37.6 Å². The van der Waals surface area contributed by atoms with Crippen LogP contribution in [0, 0.1) is 16.7 Å². The Morgan fingerprint density at radius 2 is 2.12 bits per heavy atom. The van der Waals surface area contributed by atoms with Gasteiger partial charge >= 0.3 is 5.97 Å². The van der Waals surface area contributed by atoms with Gasteiger partial charge in [-0.3, -0.25) is 14.8 Å². The van der Waals surface area contributed by atoms with Gasteiger partial charge in [0.05, 0.1) is 24.4 Å². The van der Waals surface area contributed by atoms with Gasteiger partial charge < -0.3 is 4.74 Å². The van der Waals surface area contributed by atoms with E-state index in [-0.39, 0.29) is 16.8 Å². The monoisotopic (exact) mass is 373 g/mol. The summed E-state index contributed by atoms with van der Waals surface area (Å²) in [4.78, 5) is 14.8.